The molecule has 0 saturated carbocycles. The quantitative estimate of drug-likeness (QED) is 0.693. The minimum atomic E-state index is -3.82. The molecule has 1 aromatic carbocycles. The third kappa shape index (κ3) is 4.57. The van der Waals surface area contributed by atoms with Gasteiger partial charge in [0.2, 0.25) is 10.0 Å². The number of nitrogens with zero attached hydrogens (tertiary/aromatic N) is 2. The number of rotatable bonds is 6. The van der Waals surface area contributed by atoms with E-state index in [0.717, 1.165) is 15.3 Å². The molecular formula is C16H20ClN3O6S. The van der Waals surface area contributed by atoms with Crippen LogP contribution in [0.2, 0.25) is 5.02 Å². The summed E-state index contributed by atoms with van der Waals surface area (Å²) in [6, 6.07) is 2.82. The van der Waals surface area contributed by atoms with Crippen molar-refractivity contribution in [3.8, 4) is 0 Å². The van der Waals surface area contributed by atoms with Gasteiger partial charge in [-0.05, 0) is 32.0 Å². The van der Waals surface area contributed by atoms with Crippen LogP contribution in [0.5, 0.6) is 0 Å². The van der Waals surface area contributed by atoms with E-state index in [2.05, 4.69) is 5.32 Å². The highest BCUT2D eigenvalue weighted by atomic mass is 35.5. The molecule has 1 aliphatic rings. The smallest absolute Gasteiger partial charge is 0.340 e. The van der Waals surface area contributed by atoms with Gasteiger partial charge in [0.05, 0.1) is 15.5 Å². The first-order valence-electron chi connectivity index (χ1n) is 8.08. The largest absolute Gasteiger partial charge is 0.452 e. The summed E-state index contributed by atoms with van der Waals surface area (Å²) in [4.78, 5) is 36.4. The average molecular weight is 418 g/mol. The molecule has 1 N–H and O–H groups in total. The first kappa shape index (κ1) is 21.1. The summed E-state index contributed by atoms with van der Waals surface area (Å²) in [5.74, 6) is -1.64. The van der Waals surface area contributed by atoms with Crippen LogP contribution in [0.1, 0.15) is 24.2 Å². The number of carbonyl (C=O) groups excluding carboxylic acids is 3. The van der Waals surface area contributed by atoms with Gasteiger partial charge in [-0.15, -0.1) is 0 Å². The molecule has 148 valence electrons. The molecule has 9 nitrogen and oxygen atoms in total. The molecule has 3 amide bonds. The lowest BCUT2D eigenvalue weighted by Gasteiger charge is -2.21. The SMILES string of the molecule is CC(C)N(C)S(=O)(=O)c1ccc(Cl)c(C(=O)OCC(=O)N2CCNC2=O)c1. The summed E-state index contributed by atoms with van der Waals surface area (Å²) in [6.07, 6.45) is 0. The van der Waals surface area contributed by atoms with Crippen molar-refractivity contribution >= 4 is 39.5 Å². The molecule has 27 heavy (non-hydrogen) atoms. The Labute approximate surface area is 162 Å². The Morgan fingerprint density at radius 2 is 2.04 bits per heavy atom. The second-order valence-corrected chi connectivity index (χ2v) is 8.51. The first-order chi connectivity index (χ1) is 12.6. The van der Waals surface area contributed by atoms with E-state index in [1.165, 1.54) is 19.2 Å². The molecule has 0 spiro atoms. The zero-order chi connectivity index (χ0) is 20.4. The van der Waals surface area contributed by atoms with Gasteiger partial charge in [-0.25, -0.2) is 18.0 Å². The van der Waals surface area contributed by atoms with Crippen LogP contribution in [-0.4, -0.2) is 68.3 Å². The molecule has 1 aliphatic heterocycles. The number of urea groups is 1. The fourth-order valence-electron chi connectivity index (χ4n) is 2.26. The lowest BCUT2D eigenvalue weighted by Crippen LogP contribution is -2.37. The van der Waals surface area contributed by atoms with Gasteiger partial charge < -0.3 is 10.1 Å². The molecule has 0 aromatic heterocycles. The fraction of sp³-hybridized carbons (Fsp3) is 0.438. The maximum absolute atomic E-state index is 12.6. The molecule has 0 bridgehead atoms. The Hall–Kier alpha value is -2.17. The number of hydrogen-bond acceptors (Lipinski definition) is 6. The normalized spacial score (nSPS) is 14.6. The lowest BCUT2D eigenvalue weighted by atomic mass is 10.2. The van der Waals surface area contributed by atoms with Gasteiger partial charge >= 0.3 is 12.0 Å². The predicted molar refractivity (Wildman–Crippen MR) is 96.9 cm³/mol. The van der Waals surface area contributed by atoms with Crippen LogP contribution in [0.15, 0.2) is 23.1 Å². The van der Waals surface area contributed by atoms with E-state index >= 15 is 0 Å². The second kappa shape index (κ2) is 8.24. The molecule has 1 fully saturated rings. The lowest BCUT2D eigenvalue weighted by molar-refractivity contribution is -0.130. The predicted octanol–water partition coefficient (Wildman–Crippen LogP) is 1.08. The average Bonchev–Trinajstić information content (AvgIpc) is 3.04. The van der Waals surface area contributed by atoms with E-state index in [1.54, 1.807) is 13.8 Å². The Morgan fingerprint density at radius 3 is 2.59 bits per heavy atom. The second-order valence-electron chi connectivity index (χ2n) is 6.11. The number of benzene rings is 1. The summed E-state index contributed by atoms with van der Waals surface area (Å²) < 4.78 is 31.2. The summed E-state index contributed by atoms with van der Waals surface area (Å²) in [7, 11) is -2.40. The van der Waals surface area contributed by atoms with Crippen LogP contribution < -0.4 is 5.32 Å². The molecule has 0 radical (unpaired) electrons. The van der Waals surface area contributed by atoms with E-state index in [4.69, 9.17) is 16.3 Å². The Morgan fingerprint density at radius 1 is 1.37 bits per heavy atom. The third-order valence-electron chi connectivity index (χ3n) is 4.05. The zero-order valence-electron chi connectivity index (χ0n) is 15.1. The first-order valence-corrected chi connectivity index (χ1v) is 9.90. The number of hydrogen-bond donors (Lipinski definition) is 1. The van der Waals surface area contributed by atoms with Crippen LogP contribution in [-0.2, 0) is 19.6 Å². The Kier molecular flexibility index (Phi) is 6.45. The molecular weight excluding hydrogens is 398 g/mol. The maximum Gasteiger partial charge on any atom is 0.340 e. The minimum Gasteiger partial charge on any atom is -0.452 e. The molecule has 0 atom stereocenters. The van der Waals surface area contributed by atoms with Gasteiger partial charge in [0.1, 0.15) is 0 Å². The Bertz CT molecular complexity index is 871. The van der Waals surface area contributed by atoms with Crippen molar-refractivity contribution in [1.82, 2.24) is 14.5 Å². The molecule has 0 aliphatic carbocycles. The van der Waals surface area contributed by atoms with Crippen molar-refractivity contribution in [2.75, 3.05) is 26.7 Å². The third-order valence-corrected chi connectivity index (χ3v) is 6.41. The van der Waals surface area contributed by atoms with E-state index in [0.29, 0.717) is 6.54 Å². The fourth-order valence-corrected chi connectivity index (χ4v) is 3.85. The van der Waals surface area contributed by atoms with Crippen LogP contribution >= 0.6 is 11.6 Å². The van der Waals surface area contributed by atoms with Crippen molar-refractivity contribution in [2.24, 2.45) is 0 Å². The minimum absolute atomic E-state index is 0.0162. The number of ether oxygens (including phenoxy) is 1. The highest BCUT2D eigenvalue weighted by molar-refractivity contribution is 7.89. The van der Waals surface area contributed by atoms with Crippen molar-refractivity contribution < 1.29 is 27.5 Å². The van der Waals surface area contributed by atoms with E-state index < -0.39 is 34.5 Å². The standard InChI is InChI=1S/C16H20ClN3O6S/c1-10(2)19(3)27(24,25)11-4-5-13(17)12(8-11)15(22)26-9-14(21)20-7-6-18-16(20)23/h4-5,8,10H,6-7,9H2,1-3H3,(H,18,23). The summed E-state index contributed by atoms with van der Waals surface area (Å²) >= 11 is 5.98. The number of nitrogens with one attached hydrogen (secondary N) is 1. The van der Waals surface area contributed by atoms with Crippen LogP contribution in [0, 0.1) is 0 Å². The number of carbonyl (C=O) groups is 3. The zero-order valence-corrected chi connectivity index (χ0v) is 16.6. The summed E-state index contributed by atoms with van der Waals surface area (Å²) in [5.41, 5.74) is -0.187. The van der Waals surface area contributed by atoms with E-state index in [1.807, 2.05) is 0 Å². The molecule has 2 rings (SSSR count). The van der Waals surface area contributed by atoms with Gasteiger partial charge in [0, 0.05) is 26.2 Å². The van der Waals surface area contributed by atoms with Crippen LogP contribution in [0.4, 0.5) is 4.79 Å². The van der Waals surface area contributed by atoms with Gasteiger partial charge in [0.15, 0.2) is 6.61 Å². The van der Waals surface area contributed by atoms with Crippen molar-refractivity contribution in [3.63, 3.8) is 0 Å². The van der Waals surface area contributed by atoms with E-state index in [9.17, 15) is 22.8 Å². The van der Waals surface area contributed by atoms with Crippen LogP contribution in [0.25, 0.3) is 0 Å². The summed E-state index contributed by atoms with van der Waals surface area (Å²) in [5, 5.41) is 2.44. The van der Waals surface area contributed by atoms with Gasteiger partial charge in [-0.1, -0.05) is 11.6 Å². The number of sulfonamides is 1. The number of halogens is 1. The molecule has 0 unspecified atom stereocenters. The number of amides is 3. The van der Waals surface area contributed by atoms with Crippen molar-refractivity contribution in [1.29, 1.82) is 0 Å². The van der Waals surface area contributed by atoms with Gasteiger partial charge in [0.25, 0.3) is 5.91 Å². The number of imide groups is 1. The van der Waals surface area contributed by atoms with Crippen molar-refractivity contribution in [3.05, 3.63) is 28.8 Å². The van der Waals surface area contributed by atoms with Crippen LogP contribution in [0.3, 0.4) is 0 Å². The number of esters is 1. The van der Waals surface area contributed by atoms with Crippen molar-refractivity contribution in [2.45, 2.75) is 24.8 Å². The summed E-state index contributed by atoms with van der Waals surface area (Å²) in [6.45, 7) is 3.27. The molecule has 1 heterocycles. The van der Waals surface area contributed by atoms with E-state index in [-0.39, 0.29) is 28.1 Å². The maximum atomic E-state index is 12.6. The molecule has 11 heteroatoms. The Balaban J connectivity index is 2.17. The molecule has 1 aromatic rings. The van der Waals surface area contributed by atoms with Gasteiger partial charge in [-0.2, -0.15) is 4.31 Å². The monoisotopic (exact) mass is 417 g/mol. The van der Waals surface area contributed by atoms with Gasteiger partial charge in [-0.3, -0.25) is 9.69 Å². The topological polar surface area (TPSA) is 113 Å². The highest BCUT2D eigenvalue weighted by Crippen LogP contribution is 2.24. The highest BCUT2D eigenvalue weighted by Gasteiger charge is 2.28. The molecule has 1 saturated heterocycles.